The summed E-state index contributed by atoms with van der Waals surface area (Å²) in [5.41, 5.74) is 0.636. The summed E-state index contributed by atoms with van der Waals surface area (Å²) in [5.74, 6) is -2.34. The molecular formula is C24H25FN2O5. The Morgan fingerprint density at radius 1 is 1.12 bits per heavy atom. The summed E-state index contributed by atoms with van der Waals surface area (Å²) in [7, 11) is 1.39. The number of ketones is 1. The van der Waals surface area contributed by atoms with Gasteiger partial charge in [0.05, 0.1) is 37.5 Å². The molecule has 2 aliphatic heterocycles. The number of rotatable bonds is 6. The zero-order valence-corrected chi connectivity index (χ0v) is 17.8. The first-order chi connectivity index (χ1) is 15.5. The number of nitrogens with zero attached hydrogens (tertiary/aromatic N) is 2. The highest BCUT2D eigenvalue weighted by Gasteiger charge is 2.46. The second-order valence-electron chi connectivity index (χ2n) is 7.70. The molecule has 0 saturated carbocycles. The number of benzene rings is 2. The maximum Gasteiger partial charge on any atom is 0.295 e. The summed E-state index contributed by atoms with van der Waals surface area (Å²) in [6.07, 6.45) is 0. The van der Waals surface area contributed by atoms with E-state index in [1.54, 1.807) is 24.3 Å². The molecule has 168 valence electrons. The fraction of sp³-hybridized carbons (Fsp3) is 0.333. The number of aliphatic hydroxyl groups is 1. The molecule has 8 heteroatoms. The van der Waals surface area contributed by atoms with Gasteiger partial charge in [-0.15, -0.1) is 0 Å². The topological polar surface area (TPSA) is 79.3 Å². The quantitative estimate of drug-likeness (QED) is 0.423. The molecule has 0 unspecified atom stereocenters. The van der Waals surface area contributed by atoms with Gasteiger partial charge in [0, 0.05) is 26.2 Å². The fourth-order valence-corrected chi connectivity index (χ4v) is 4.18. The van der Waals surface area contributed by atoms with Gasteiger partial charge in [0.15, 0.2) is 0 Å². The van der Waals surface area contributed by atoms with Crippen LogP contribution in [-0.2, 0) is 14.3 Å². The number of methoxy groups -OCH3 is 1. The third-order valence-corrected chi connectivity index (χ3v) is 5.83. The van der Waals surface area contributed by atoms with Crippen molar-refractivity contribution in [2.45, 2.75) is 6.04 Å². The minimum atomic E-state index is -0.801. The van der Waals surface area contributed by atoms with Crippen LogP contribution in [0.4, 0.5) is 4.39 Å². The first-order valence-electron chi connectivity index (χ1n) is 10.5. The highest BCUT2D eigenvalue weighted by molar-refractivity contribution is 6.46. The maximum absolute atomic E-state index is 14.0. The van der Waals surface area contributed by atoms with E-state index in [2.05, 4.69) is 4.90 Å². The van der Waals surface area contributed by atoms with Crippen molar-refractivity contribution >= 4 is 17.4 Å². The Balaban J connectivity index is 1.76. The zero-order chi connectivity index (χ0) is 22.7. The Morgan fingerprint density at radius 2 is 1.84 bits per heavy atom. The van der Waals surface area contributed by atoms with Crippen molar-refractivity contribution in [1.29, 1.82) is 0 Å². The maximum atomic E-state index is 14.0. The molecular weight excluding hydrogens is 415 g/mol. The van der Waals surface area contributed by atoms with Gasteiger partial charge in [-0.2, -0.15) is 0 Å². The van der Waals surface area contributed by atoms with Gasteiger partial charge in [0.25, 0.3) is 11.7 Å². The first-order valence-corrected chi connectivity index (χ1v) is 10.5. The number of aliphatic hydroxyl groups excluding tert-OH is 1. The van der Waals surface area contributed by atoms with Crippen LogP contribution in [0.25, 0.3) is 5.76 Å². The van der Waals surface area contributed by atoms with Gasteiger partial charge < -0.3 is 19.5 Å². The summed E-state index contributed by atoms with van der Waals surface area (Å²) < 4.78 is 24.6. The van der Waals surface area contributed by atoms with Crippen LogP contribution in [0.5, 0.6) is 5.75 Å². The molecule has 2 aromatic carbocycles. The van der Waals surface area contributed by atoms with Crippen molar-refractivity contribution in [1.82, 2.24) is 9.80 Å². The van der Waals surface area contributed by atoms with Crippen LogP contribution in [-0.4, -0.2) is 73.1 Å². The van der Waals surface area contributed by atoms with Crippen molar-refractivity contribution in [3.05, 3.63) is 71.0 Å². The molecule has 2 fully saturated rings. The minimum absolute atomic E-state index is 0.0274. The van der Waals surface area contributed by atoms with Crippen LogP contribution >= 0.6 is 0 Å². The van der Waals surface area contributed by atoms with Crippen LogP contribution in [0.15, 0.2) is 54.1 Å². The predicted octanol–water partition coefficient (Wildman–Crippen LogP) is 2.59. The number of carbonyl (C=O) groups is 2. The smallest absolute Gasteiger partial charge is 0.295 e. The normalized spacial score (nSPS) is 21.2. The SMILES string of the molecule is COc1ccc(F)cc1C(O)=C1C(=O)C(=O)N(CCN2CCOCC2)[C@H]1c1ccccc1. The number of hydrogen-bond donors (Lipinski definition) is 1. The van der Waals surface area contributed by atoms with E-state index in [4.69, 9.17) is 9.47 Å². The zero-order valence-electron chi connectivity index (χ0n) is 17.8. The Morgan fingerprint density at radius 3 is 2.53 bits per heavy atom. The number of ether oxygens (including phenoxy) is 2. The Bertz CT molecular complexity index is 1030. The average molecular weight is 440 g/mol. The lowest BCUT2D eigenvalue weighted by Gasteiger charge is -2.31. The molecule has 0 spiro atoms. The molecule has 2 heterocycles. The molecule has 1 amide bonds. The van der Waals surface area contributed by atoms with Crippen molar-refractivity contribution in [3.63, 3.8) is 0 Å². The fourth-order valence-electron chi connectivity index (χ4n) is 4.18. The molecule has 0 bridgehead atoms. The summed E-state index contributed by atoms with van der Waals surface area (Å²) in [6.45, 7) is 3.63. The van der Waals surface area contributed by atoms with Crippen LogP contribution in [0.3, 0.4) is 0 Å². The largest absolute Gasteiger partial charge is 0.507 e. The minimum Gasteiger partial charge on any atom is -0.507 e. The second-order valence-corrected chi connectivity index (χ2v) is 7.70. The number of hydrogen-bond acceptors (Lipinski definition) is 6. The number of halogens is 1. The standard InChI is InChI=1S/C24H25FN2O5/c1-31-19-8-7-17(25)15-18(19)22(28)20-21(16-5-3-2-4-6-16)27(24(30)23(20)29)10-9-26-11-13-32-14-12-26/h2-8,15,21,28H,9-14H2,1H3/t21-/m0/s1. The molecule has 2 aliphatic rings. The van der Waals surface area contributed by atoms with E-state index in [1.165, 1.54) is 24.1 Å². The van der Waals surface area contributed by atoms with E-state index in [1.807, 2.05) is 6.07 Å². The molecule has 32 heavy (non-hydrogen) atoms. The average Bonchev–Trinajstić information content (AvgIpc) is 3.08. The van der Waals surface area contributed by atoms with Gasteiger partial charge in [-0.25, -0.2) is 4.39 Å². The first kappa shape index (κ1) is 22.0. The van der Waals surface area contributed by atoms with Gasteiger partial charge in [-0.1, -0.05) is 30.3 Å². The molecule has 0 radical (unpaired) electrons. The van der Waals surface area contributed by atoms with E-state index in [9.17, 15) is 19.1 Å². The number of amides is 1. The van der Waals surface area contributed by atoms with E-state index in [-0.39, 0.29) is 16.9 Å². The van der Waals surface area contributed by atoms with E-state index in [0.717, 1.165) is 19.2 Å². The number of carbonyl (C=O) groups excluding carboxylic acids is 2. The van der Waals surface area contributed by atoms with E-state index < -0.39 is 29.3 Å². The third-order valence-electron chi connectivity index (χ3n) is 5.83. The van der Waals surface area contributed by atoms with Crippen LogP contribution in [0.2, 0.25) is 0 Å². The summed E-state index contributed by atoms with van der Waals surface area (Å²) >= 11 is 0. The molecule has 2 aromatic rings. The number of Topliss-reactive ketones (excluding diaryl/α,β-unsaturated/α-hetero) is 1. The molecule has 4 rings (SSSR count). The van der Waals surface area contributed by atoms with Gasteiger partial charge in [0.2, 0.25) is 0 Å². The molecule has 7 nitrogen and oxygen atoms in total. The van der Waals surface area contributed by atoms with Crippen molar-refractivity contribution in [3.8, 4) is 5.75 Å². The summed E-state index contributed by atoms with van der Waals surface area (Å²) in [5, 5.41) is 11.1. The van der Waals surface area contributed by atoms with Gasteiger partial charge in [-0.05, 0) is 23.8 Å². The molecule has 0 aliphatic carbocycles. The lowest BCUT2D eigenvalue weighted by molar-refractivity contribution is -0.140. The van der Waals surface area contributed by atoms with Crippen molar-refractivity contribution in [2.24, 2.45) is 0 Å². The van der Waals surface area contributed by atoms with Gasteiger partial charge >= 0.3 is 0 Å². The Kier molecular flexibility index (Phi) is 6.53. The highest BCUT2D eigenvalue weighted by Crippen LogP contribution is 2.40. The monoisotopic (exact) mass is 440 g/mol. The van der Waals surface area contributed by atoms with E-state index in [0.29, 0.717) is 31.9 Å². The second kappa shape index (κ2) is 9.50. The molecule has 2 saturated heterocycles. The lowest BCUT2D eigenvalue weighted by atomic mass is 9.95. The number of morpholine rings is 1. The van der Waals surface area contributed by atoms with Gasteiger partial charge in [0.1, 0.15) is 17.3 Å². The van der Waals surface area contributed by atoms with Crippen molar-refractivity contribution < 1.29 is 28.6 Å². The molecule has 1 atom stereocenters. The number of likely N-dealkylation sites (tertiary alicyclic amines) is 1. The molecule has 0 aromatic heterocycles. The molecule has 1 N–H and O–H groups in total. The third kappa shape index (κ3) is 4.24. The lowest BCUT2D eigenvalue weighted by Crippen LogP contribution is -2.42. The van der Waals surface area contributed by atoms with Crippen molar-refractivity contribution in [2.75, 3.05) is 46.5 Å². The van der Waals surface area contributed by atoms with Gasteiger partial charge in [-0.3, -0.25) is 14.5 Å². The Labute approximate surface area is 185 Å². The van der Waals surface area contributed by atoms with Crippen LogP contribution in [0, 0.1) is 5.82 Å². The highest BCUT2D eigenvalue weighted by atomic mass is 19.1. The van der Waals surface area contributed by atoms with Crippen LogP contribution in [0.1, 0.15) is 17.2 Å². The Hall–Kier alpha value is -3.23. The van der Waals surface area contributed by atoms with Crippen LogP contribution < -0.4 is 4.74 Å². The summed E-state index contributed by atoms with van der Waals surface area (Å²) in [6, 6.07) is 11.9. The predicted molar refractivity (Wildman–Crippen MR) is 116 cm³/mol. The summed E-state index contributed by atoms with van der Waals surface area (Å²) in [4.78, 5) is 29.7. The van der Waals surface area contributed by atoms with E-state index >= 15 is 0 Å².